The van der Waals surface area contributed by atoms with Gasteiger partial charge in [-0.15, -0.1) is 0 Å². The van der Waals surface area contributed by atoms with Gasteiger partial charge in [-0.05, 0) is 30.5 Å². The molecule has 0 aliphatic carbocycles. The molecular weight excluding hydrogens is 285 g/mol. The highest BCUT2D eigenvalue weighted by molar-refractivity contribution is 6.30. The lowest BCUT2D eigenvalue weighted by Gasteiger charge is -2.27. The van der Waals surface area contributed by atoms with Crippen LogP contribution in [0.1, 0.15) is 24.4 Å². The normalized spacial score (nSPS) is 20.4. The number of methoxy groups -OCH3 is 1. The SMILES string of the molecule is COC(=O)[C@H](N[C@H]1CCCOC1)c1ccc(Cl)c(F)c1. The Balaban J connectivity index is 2.17. The number of esters is 1. The summed E-state index contributed by atoms with van der Waals surface area (Å²) in [4.78, 5) is 11.9. The van der Waals surface area contributed by atoms with E-state index in [1.807, 2.05) is 0 Å². The van der Waals surface area contributed by atoms with Gasteiger partial charge >= 0.3 is 5.97 Å². The number of rotatable bonds is 4. The van der Waals surface area contributed by atoms with Gasteiger partial charge < -0.3 is 9.47 Å². The highest BCUT2D eigenvalue weighted by Crippen LogP contribution is 2.22. The summed E-state index contributed by atoms with van der Waals surface area (Å²) >= 11 is 5.66. The summed E-state index contributed by atoms with van der Waals surface area (Å²) in [6.07, 6.45) is 1.84. The molecule has 110 valence electrons. The van der Waals surface area contributed by atoms with Gasteiger partial charge in [0.05, 0.1) is 18.7 Å². The number of benzene rings is 1. The predicted molar refractivity (Wildman–Crippen MR) is 73.1 cm³/mol. The van der Waals surface area contributed by atoms with Crippen molar-refractivity contribution in [3.8, 4) is 0 Å². The van der Waals surface area contributed by atoms with Crippen molar-refractivity contribution >= 4 is 17.6 Å². The minimum Gasteiger partial charge on any atom is -0.468 e. The molecule has 0 aromatic heterocycles. The molecule has 0 bridgehead atoms. The minimum absolute atomic E-state index is 0.0263. The van der Waals surface area contributed by atoms with Crippen molar-refractivity contribution in [2.75, 3.05) is 20.3 Å². The van der Waals surface area contributed by atoms with Gasteiger partial charge in [-0.2, -0.15) is 0 Å². The molecule has 0 unspecified atom stereocenters. The maximum atomic E-state index is 13.5. The number of hydrogen-bond acceptors (Lipinski definition) is 4. The van der Waals surface area contributed by atoms with Crippen molar-refractivity contribution in [1.82, 2.24) is 5.32 Å². The first-order valence-corrected chi connectivity index (χ1v) is 6.86. The summed E-state index contributed by atoms with van der Waals surface area (Å²) in [7, 11) is 1.31. The fraction of sp³-hybridized carbons (Fsp3) is 0.500. The number of hydrogen-bond donors (Lipinski definition) is 1. The first-order valence-electron chi connectivity index (χ1n) is 6.48. The van der Waals surface area contributed by atoms with Crippen LogP contribution in [0.3, 0.4) is 0 Å². The van der Waals surface area contributed by atoms with Crippen molar-refractivity contribution in [1.29, 1.82) is 0 Å². The second-order valence-corrected chi connectivity index (χ2v) is 5.12. The zero-order chi connectivity index (χ0) is 14.5. The van der Waals surface area contributed by atoms with E-state index >= 15 is 0 Å². The summed E-state index contributed by atoms with van der Waals surface area (Å²) in [5.74, 6) is -1.02. The number of halogens is 2. The molecule has 0 saturated carbocycles. The quantitative estimate of drug-likeness (QED) is 0.868. The second-order valence-electron chi connectivity index (χ2n) is 4.71. The van der Waals surface area contributed by atoms with Gasteiger partial charge in [0.25, 0.3) is 0 Å². The predicted octanol–water partition coefficient (Wildman–Crippen LogP) is 2.46. The van der Waals surface area contributed by atoms with Gasteiger partial charge in [0.1, 0.15) is 11.9 Å². The van der Waals surface area contributed by atoms with Crippen LogP contribution in [0.25, 0.3) is 0 Å². The molecular formula is C14H17ClFNO3. The maximum Gasteiger partial charge on any atom is 0.327 e. The zero-order valence-corrected chi connectivity index (χ0v) is 12.0. The molecule has 0 spiro atoms. The molecule has 4 nitrogen and oxygen atoms in total. The number of carbonyl (C=O) groups excluding carboxylic acids is 1. The fourth-order valence-electron chi connectivity index (χ4n) is 2.22. The Morgan fingerprint density at radius 2 is 2.40 bits per heavy atom. The van der Waals surface area contributed by atoms with Crippen molar-refractivity contribution < 1.29 is 18.7 Å². The Labute approximate surface area is 122 Å². The molecule has 1 aromatic rings. The van der Waals surface area contributed by atoms with Gasteiger partial charge in [0, 0.05) is 12.6 Å². The smallest absolute Gasteiger partial charge is 0.327 e. The average Bonchev–Trinajstić information content (AvgIpc) is 2.48. The lowest BCUT2D eigenvalue weighted by molar-refractivity contribution is -0.143. The topological polar surface area (TPSA) is 47.6 Å². The largest absolute Gasteiger partial charge is 0.468 e. The van der Waals surface area contributed by atoms with E-state index < -0.39 is 17.8 Å². The summed E-state index contributed by atoms with van der Waals surface area (Å²) in [6.45, 7) is 1.26. The molecule has 1 fully saturated rings. The first kappa shape index (κ1) is 15.2. The van der Waals surface area contributed by atoms with Crippen molar-refractivity contribution in [3.05, 3.63) is 34.6 Å². The van der Waals surface area contributed by atoms with E-state index in [4.69, 9.17) is 21.1 Å². The monoisotopic (exact) mass is 301 g/mol. The van der Waals surface area contributed by atoms with Gasteiger partial charge in [-0.1, -0.05) is 17.7 Å². The molecule has 1 heterocycles. The molecule has 1 aromatic carbocycles. The Kier molecular flexibility index (Phi) is 5.34. The number of nitrogens with one attached hydrogen (secondary N) is 1. The number of ether oxygens (including phenoxy) is 2. The third kappa shape index (κ3) is 3.69. The van der Waals surface area contributed by atoms with Crippen molar-refractivity contribution in [2.24, 2.45) is 0 Å². The van der Waals surface area contributed by atoms with Crippen LogP contribution >= 0.6 is 11.6 Å². The lowest BCUT2D eigenvalue weighted by Crippen LogP contribution is -2.42. The summed E-state index contributed by atoms with van der Waals surface area (Å²) in [5.41, 5.74) is 0.490. The van der Waals surface area contributed by atoms with Gasteiger partial charge in [0.2, 0.25) is 0 Å². The van der Waals surface area contributed by atoms with E-state index in [1.165, 1.54) is 19.2 Å². The Bertz CT molecular complexity index is 477. The zero-order valence-electron chi connectivity index (χ0n) is 11.2. The average molecular weight is 302 g/mol. The van der Waals surface area contributed by atoms with Crippen LogP contribution in [0, 0.1) is 5.82 Å². The summed E-state index contributed by atoms with van der Waals surface area (Å²) in [6, 6.07) is 3.62. The molecule has 2 rings (SSSR count). The van der Waals surface area contributed by atoms with Crippen LogP contribution in [-0.4, -0.2) is 32.3 Å². The second kappa shape index (κ2) is 7.02. The van der Waals surface area contributed by atoms with Crippen LogP contribution in [0.15, 0.2) is 18.2 Å². The first-order chi connectivity index (χ1) is 9.61. The molecule has 2 atom stereocenters. The Morgan fingerprint density at radius 3 is 3.00 bits per heavy atom. The van der Waals surface area contributed by atoms with E-state index in [0.29, 0.717) is 12.2 Å². The van der Waals surface area contributed by atoms with E-state index in [0.717, 1.165) is 19.4 Å². The van der Waals surface area contributed by atoms with E-state index in [1.54, 1.807) is 6.07 Å². The number of carbonyl (C=O) groups is 1. The molecule has 1 N–H and O–H groups in total. The van der Waals surface area contributed by atoms with Gasteiger partial charge in [0.15, 0.2) is 0 Å². The van der Waals surface area contributed by atoms with Crippen LogP contribution in [0.5, 0.6) is 0 Å². The van der Waals surface area contributed by atoms with Crippen LogP contribution in [0.2, 0.25) is 5.02 Å². The molecule has 6 heteroatoms. The molecule has 1 aliphatic rings. The van der Waals surface area contributed by atoms with Crippen LogP contribution in [0.4, 0.5) is 4.39 Å². The van der Waals surface area contributed by atoms with E-state index in [9.17, 15) is 9.18 Å². The standard InChI is InChI=1S/C14H17ClFNO3/c1-19-14(18)13(17-10-3-2-6-20-8-10)9-4-5-11(15)12(16)7-9/h4-5,7,10,13,17H,2-3,6,8H2,1H3/t10-,13+/m0/s1. The summed E-state index contributed by atoms with van der Waals surface area (Å²) in [5, 5.41) is 3.19. The third-order valence-corrected chi connectivity index (χ3v) is 3.58. The molecule has 20 heavy (non-hydrogen) atoms. The van der Waals surface area contributed by atoms with Crippen LogP contribution < -0.4 is 5.32 Å². The van der Waals surface area contributed by atoms with E-state index in [2.05, 4.69) is 5.32 Å². The maximum absolute atomic E-state index is 13.5. The highest BCUT2D eigenvalue weighted by atomic mass is 35.5. The lowest BCUT2D eigenvalue weighted by atomic mass is 10.0. The molecule has 1 saturated heterocycles. The van der Waals surface area contributed by atoms with Crippen LogP contribution in [-0.2, 0) is 14.3 Å². The summed E-state index contributed by atoms with van der Waals surface area (Å²) < 4.78 is 23.7. The Hall–Kier alpha value is -1.17. The molecule has 0 amide bonds. The fourth-order valence-corrected chi connectivity index (χ4v) is 2.34. The van der Waals surface area contributed by atoms with Crippen molar-refractivity contribution in [2.45, 2.75) is 24.9 Å². The van der Waals surface area contributed by atoms with E-state index in [-0.39, 0.29) is 11.1 Å². The minimum atomic E-state index is -0.724. The van der Waals surface area contributed by atoms with Gasteiger partial charge in [-0.25, -0.2) is 9.18 Å². The third-order valence-electron chi connectivity index (χ3n) is 3.28. The molecule has 1 aliphatic heterocycles. The Morgan fingerprint density at radius 1 is 1.60 bits per heavy atom. The molecule has 0 radical (unpaired) electrons. The van der Waals surface area contributed by atoms with Crippen molar-refractivity contribution in [3.63, 3.8) is 0 Å². The highest BCUT2D eigenvalue weighted by Gasteiger charge is 2.26. The van der Waals surface area contributed by atoms with Gasteiger partial charge in [-0.3, -0.25) is 5.32 Å².